The topological polar surface area (TPSA) is 72.5 Å². The van der Waals surface area contributed by atoms with Gasteiger partial charge in [0, 0.05) is 34.3 Å². The van der Waals surface area contributed by atoms with Gasteiger partial charge in [-0.3, -0.25) is 9.59 Å². The van der Waals surface area contributed by atoms with Gasteiger partial charge in [-0.25, -0.2) is 9.18 Å². The van der Waals surface area contributed by atoms with Crippen LogP contribution in [0.5, 0.6) is 0 Å². The van der Waals surface area contributed by atoms with Gasteiger partial charge in [0.2, 0.25) is 11.7 Å². The normalized spacial score (nSPS) is 11.9. The summed E-state index contributed by atoms with van der Waals surface area (Å²) >= 11 is 3.22. The molecule has 2 aromatic rings. The van der Waals surface area contributed by atoms with Crippen LogP contribution in [0.25, 0.3) is 6.08 Å². The van der Waals surface area contributed by atoms with Crippen LogP contribution >= 0.6 is 15.9 Å². The quantitative estimate of drug-likeness (QED) is 0.416. The maximum Gasteiger partial charge on any atom is 0.331 e. The predicted octanol–water partition coefficient (Wildman–Crippen LogP) is 4.37. The number of esters is 1. The smallest absolute Gasteiger partial charge is 0.331 e. The number of ether oxygens (including phenoxy) is 1. The Morgan fingerprint density at radius 2 is 1.81 bits per heavy atom. The zero-order valence-electron chi connectivity index (χ0n) is 14.7. The zero-order chi connectivity index (χ0) is 20.0. The third-order valence-electron chi connectivity index (χ3n) is 3.51. The van der Waals surface area contributed by atoms with Crippen molar-refractivity contribution in [2.75, 3.05) is 5.32 Å². The predicted molar refractivity (Wildman–Crippen MR) is 104 cm³/mol. The van der Waals surface area contributed by atoms with Crippen LogP contribution in [0.2, 0.25) is 0 Å². The third kappa shape index (κ3) is 6.14. The number of anilines is 1. The average Bonchev–Trinajstić information content (AvgIpc) is 2.62. The van der Waals surface area contributed by atoms with Crippen LogP contribution < -0.4 is 5.32 Å². The van der Waals surface area contributed by atoms with Crippen molar-refractivity contribution in [2.24, 2.45) is 0 Å². The van der Waals surface area contributed by atoms with Crippen molar-refractivity contribution >= 4 is 45.4 Å². The Balaban J connectivity index is 1.98. The number of carbonyl (C=O) groups is 3. The standard InChI is InChI=1S/C20H17BrFNO4/c1-12(20(26)14-3-7-17(8-4-14)23-13(2)24)27-19(25)10-5-15-11-16(21)6-9-18(15)22/h3-12H,1-2H3,(H,23,24)/b10-5+. The summed E-state index contributed by atoms with van der Waals surface area (Å²) in [7, 11) is 0. The lowest BCUT2D eigenvalue weighted by atomic mass is 10.1. The maximum absolute atomic E-state index is 13.6. The molecule has 2 aromatic carbocycles. The van der Waals surface area contributed by atoms with Gasteiger partial charge in [-0.05, 0) is 55.5 Å². The second kappa shape index (κ2) is 9.23. The summed E-state index contributed by atoms with van der Waals surface area (Å²) in [4.78, 5) is 35.2. The summed E-state index contributed by atoms with van der Waals surface area (Å²) in [5.41, 5.74) is 1.11. The number of Topliss-reactive ketones (excluding diaryl/α,β-unsaturated/α-hetero) is 1. The van der Waals surface area contributed by atoms with Gasteiger partial charge in [0.1, 0.15) is 5.82 Å². The van der Waals surface area contributed by atoms with E-state index in [4.69, 9.17) is 4.74 Å². The van der Waals surface area contributed by atoms with Crippen LogP contribution in [0.3, 0.4) is 0 Å². The molecule has 0 aliphatic rings. The molecule has 1 unspecified atom stereocenters. The number of ketones is 1. The molecule has 7 heteroatoms. The van der Waals surface area contributed by atoms with Crippen LogP contribution in [-0.4, -0.2) is 23.8 Å². The van der Waals surface area contributed by atoms with Crippen LogP contribution in [0.15, 0.2) is 53.0 Å². The Hall–Kier alpha value is -2.80. The third-order valence-corrected chi connectivity index (χ3v) is 4.00. The van der Waals surface area contributed by atoms with Crippen molar-refractivity contribution < 1.29 is 23.5 Å². The van der Waals surface area contributed by atoms with Gasteiger partial charge in [0.25, 0.3) is 0 Å². The molecule has 0 heterocycles. The fourth-order valence-corrected chi connectivity index (χ4v) is 2.60. The SMILES string of the molecule is CC(=O)Nc1ccc(C(=O)C(C)OC(=O)/C=C/c2cc(Br)ccc2F)cc1. The molecular formula is C20H17BrFNO4. The number of nitrogens with one attached hydrogen (secondary N) is 1. The number of rotatable bonds is 6. The van der Waals surface area contributed by atoms with Gasteiger partial charge in [0.05, 0.1) is 0 Å². The van der Waals surface area contributed by atoms with Crippen molar-refractivity contribution in [1.82, 2.24) is 0 Å². The number of amides is 1. The van der Waals surface area contributed by atoms with Gasteiger partial charge in [-0.2, -0.15) is 0 Å². The first-order valence-corrected chi connectivity index (χ1v) is 8.81. The van der Waals surface area contributed by atoms with E-state index in [-0.39, 0.29) is 17.3 Å². The number of halogens is 2. The number of carbonyl (C=O) groups excluding carboxylic acids is 3. The monoisotopic (exact) mass is 433 g/mol. The first-order chi connectivity index (χ1) is 12.8. The van der Waals surface area contributed by atoms with E-state index in [0.29, 0.717) is 15.7 Å². The Labute approximate surface area is 164 Å². The summed E-state index contributed by atoms with van der Waals surface area (Å²) < 4.78 is 19.4. The molecule has 0 aliphatic heterocycles. The van der Waals surface area contributed by atoms with Crippen molar-refractivity contribution in [2.45, 2.75) is 20.0 Å². The van der Waals surface area contributed by atoms with E-state index in [1.807, 2.05) is 0 Å². The van der Waals surface area contributed by atoms with Crippen LogP contribution in [-0.2, 0) is 14.3 Å². The van der Waals surface area contributed by atoms with Crippen LogP contribution in [0, 0.1) is 5.82 Å². The van der Waals surface area contributed by atoms with Gasteiger partial charge in [0.15, 0.2) is 6.10 Å². The molecule has 0 fully saturated rings. The van der Waals surface area contributed by atoms with E-state index in [0.717, 1.165) is 6.08 Å². The fourth-order valence-electron chi connectivity index (χ4n) is 2.22. The average molecular weight is 434 g/mol. The minimum atomic E-state index is -1.01. The first kappa shape index (κ1) is 20.5. The Morgan fingerprint density at radius 1 is 1.15 bits per heavy atom. The van der Waals surface area contributed by atoms with Gasteiger partial charge >= 0.3 is 5.97 Å². The van der Waals surface area contributed by atoms with Crippen molar-refractivity contribution in [3.8, 4) is 0 Å². The molecule has 1 N–H and O–H groups in total. The summed E-state index contributed by atoms with van der Waals surface area (Å²) in [5, 5.41) is 2.59. The molecular weight excluding hydrogens is 417 g/mol. The van der Waals surface area contributed by atoms with Crippen LogP contribution in [0.4, 0.5) is 10.1 Å². The van der Waals surface area contributed by atoms with E-state index >= 15 is 0 Å². The second-order valence-corrected chi connectivity index (χ2v) is 6.62. The Morgan fingerprint density at radius 3 is 2.44 bits per heavy atom. The van der Waals surface area contributed by atoms with E-state index < -0.39 is 17.9 Å². The Bertz CT molecular complexity index is 893. The summed E-state index contributed by atoms with van der Waals surface area (Å²) in [6.45, 7) is 2.84. The highest BCUT2D eigenvalue weighted by Gasteiger charge is 2.18. The molecule has 0 saturated carbocycles. The molecule has 0 bridgehead atoms. The lowest BCUT2D eigenvalue weighted by molar-refractivity contribution is -0.140. The highest BCUT2D eigenvalue weighted by Crippen LogP contribution is 2.17. The lowest BCUT2D eigenvalue weighted by Gasteiger charge is -2.11. The van der Waals surface area contributed by atoms with E-state index in [1.165, 1.54) is 44.2 Å². The van der Waals surface area contributed by atoms with Gasteiger partial charge in [-0.15, -0.1) is 0 Å². The fraction of sp³-hybridized carbons (Fsp3) is 0.150. The number of benzene rings is 2. The van der Waals surface area contributed by atoms with E-state index in [1.54, 1.807) is 18.2 Å². The molecule has 1 amide bonds. The Kier molecular flexibility index (Phi) is 7.01. The highest BCUT2D eigenvalue weighted by molar-refractivity contribution is 9.10. The number of hydrogen-bond donors (Lipinski definition) is 1. The van der Waals surface area contributed by atoms with Crippen LogP contribution in [0.1, 0.15) is 29.8 Å². The molecule has 0 saturated heterocycles. The summed E-state index contributed by atoms with van der Waals surface area (Å²) in [6, 6.07) is 10.6. The van der Waals surface area contributed by atoms with Crippen molar-refractivity contribution in [1.29, 1.82) is 0 Å². The largest absolute Gasteiger partial charge is 0.451 e. The van der Waals surface area contributed by atoms with E-state index in [9.17, 15) is 18.8 Å². The van der Waals surface area contributed by atoms with Crippen molar-refractivity contribution in [3.63, 3.8) is 0 Å². The zero-order valence-corrected chi connectivity index (χ0v) is 16.2. The first-order valence-electron chi connectivity index (χ1n) is 8.02. The summed E-state index contributed by atoms with van der Waals surface area (Å²) in [6.07, 6.45) is 1.33. The molecule has 5 nitrogen and oxygen atoms in total. The molecule has 2 rings (SSSR count). The minimum absolute atomic E-state index is 0.217. The molecule has 0 aromatic heterocycles. The lowest BCUT2D eigenvalue weighted by Crippen LogP contribution is -2.23. The van der Waals surface area contributed by atoms with E-state index in [2.05, 4.69) is 21.2 Å². The minimum Gasteiger partial charge on any atom is -0.451 e. The summed E-state index contributed by atoms with van der Waals surface area (Å²) in [5.74, 6) is -1.85. The molecule has 27 heavy (non-hydrogen) atoms. The molecule has 0 aliphatic carbocycles. The number of hydrogen-bond acceptors (Lipinski definition) is 4. The maximum atomic E-state index is 13.6. The highest BCUT2D eigenvalue weighted by atomic mass is 79.9. The molecule has 1 atom stereocenters. The van der Waals surface area contributed by atoms with Crippen molar-refractivity contribution in [3.05, 3.63) is 70.0 Å². The molecule has 0 radical (unpaired) electrons. The van der Waals surface area contributed by atoms with Gasteiger partial charge in [-0.1, -0.05) is 15.9 Å². The molecule has 140 valence electrons. The second-order valence-electron chi connectivity index (χ2n) is 5.70. The molecule has 0 spiro atoms. The van der Waals surface area contributed by atoms with Gasteiger partial charge < -0.3 is 10.1 Å².